The molecular weight excluding hydrogens is 572 g/mol. The minimum absolute atomic E-state index is 0.0636. The number of aliphatic hydroxyl groups is 1. The molecule has 0 bridgehead atoms. The standard InChI is InChI=1S/C35H52N4O6/c1-25-22-39(26(2)24-40)35(43)30-21-29(36-34(42)28-14-8-7-9-15-28)17-18-31(30)45-27(3)13-10-11-20-44-32(25)23-38(6)33(41)16-12-19-37(4)5/h7-9,14-15,17-18,21,25-27,32,40H,10-13,16,19-20,22-24H2,1-6H3,(H,36,42)/t25-,26-,27+,32+/m0/s1. The topological polar surface area (TPSA) is 112 Å². The molecule has 2 N–H and O–H groups in total. The highest BCUT2D eigenvalue weighted by Crippen LogP contribution is 2.29. The number of carbonyl (C=O) groups excluding carboxylic acids is 3. The van der Waals surface area contributed by atoms with Crippen molar-refractivity contribution in [2.24, 2.45) is 5.92 Å². The van der Waals surface area contributed by atoms with Crippen LogP contribution in [0.25, 0.3) is 0 Å². The zero-order chi connectivity index (χ0) is 32.9. The molecule has 3 amide bonds. The lowest BCUT2D eigenvalue weighted by molar-refractivity contribution is -0.132. The summed E-state index contributed by atoms with van der Waals surface area (Å²) in [5.74, 6) is -0.250. The summed E-state index contributed by atoms with van der Waals surface area (Å²) in [5.41, 5.74) is 1.28. The van der Waals surface area contributed by atoms with Crippen LogP contribution < -0.4 is 10.1 Å². The minimum atomic E-state index is -0.494. The second-order valence-electron chi connectivity index (χ2n) is 12.5. The number of amides is 3. The summed E-state index contributed by atoms with van der Waals surface area (Å²) < 4.78 is 12.7. The molecule has 45 heavy (non-hydrogen) atoms. The molecule has 0 unspecified atom stereocenters. The molecule has 0 saturated heterocycles. The molecule has 1 aliphatic heterocycles. The molecule has 10 nitrogen and oxygen atoms in total. The molecule has 4 atom stereocenters. The fourth-order valence-corrected chi connectivity index (χ4v) is 5.36. The van der Waals surface area contributed by atoms with E-state index in [1.165, 1.54) is 0 Å². The third-order valence-electron chi connectivity index (χ3n) is 8.22. The Balaban J connectivity index is 1.89. The van der Waals surface area contributed by atoms with Crippen molar-refractivity contribution in [1.29, 1.82) is 0 Å². The van der Waals surface area contributed by atoms with Gasteiger partial charge in [0.1, 0.15) is 5.75 Å². The van der Waals surface area contributed by atoms with Gasteiger partial charge in [-0.2, -0.15) is 0 Å². The second kappa shape index (κ2) is 17.9. The number of likely N-dealkylation sites (N-methyl/N-ethyl adjacent to an activating group) is 1. The summed E-state index contributed by atoms with van der Waals surface area (Å²) >= 11 is 0. The highest BCUT2D eigenvalue weighted by atomic mass is 16.5. The van der Waals surface area contributed by atoms with Crippen LogP contribution in [-0.4, -0.2) is 110 Å². The van der Waals surface area contributed by atoms with Gasteiger partial charge in [-0.25, -0.2) is 0 Å². The van der Waals surface area contributed by atoms with E-state index >= 15 is 0 Å². The number of anilines is 1. The molecule has 248 valence electrons. The van der Waals surface area contributed by atoms with Crippen molar-refractivity contribution in [1.82, 2.24) is 14.7 Å². The Morgan fingerprint density at radius 2 is 1.82 bits per heavy atom. The van der Waals surface area contributed by atoms with Crippen molar-refractivity contribution in [2.75, 3.05) is 59.3 Å². The number of hydrogen-bond donors (Lipinski definition) is 2. The molecule has 10 heteroatoms. The van der Waals surface area contributed by atoms with Crippen molar-refractivity contribution in [2.45, 2.75) is 71.1 Å². The molecule has 0 aromatic heterocycles. The maximum absolute atomic E-state index is 14.3. The third kappa shape index (κ3) is 11.1. The van der Waals surface area contributed by atoms with Gasteiger partial charge in [0.2, 0.25) is 5.91 Å². The number of aliphatic hydroxyl groups excluding tert-OH is 1. The zero-order valence-electron chi connectivity index (χ0n) is 27.8. The predicted molar refractivity (Wildman–Crippen MR) is 177 cm³/mol. The van der Waals surface area contributed by atoms with Gasteiger partial charge in [-0.15, -0.1) is 0 Å². The highest BCUT2D eigenvalue weighted by molar-refractivity contribution is 6.05. The van der Waals surface area contributed by atoms with Crippen LogP contribution in [0.5, 0.6) is 5.75 Å². The van der Waals surface area contributed by atoms with E-state index in [1.807, 2.05) is 34.0 Å². The predicted octanol–water partition coefficient (Wildman–Crippen LogP) is 4.53. The third-order valence-corrected chi connectivity index (χ3v) is 8.22. The first-order valence-corrected chi connectivity index (χ1v) is 16.1. The highest BCUT2D eigenvalue weighted by Gasteiger charge is 2.31. The average Bonchev–Trinajstić information content (AvgIpc) is 3.02. The molecule has 0 fully saturated rings. The number of carbonyl (C=O) groups is 3. The van der Waals surface area contributed by atoms with E-state index in [-0.39, 0.29) is 42.5 Å². The number of rotatable bonds is 10. The van der Waals surface area contributed by atoms with Crippen LogP contribution in [0.2, 0.25) is 0 Å². The lowest BCUT2D eigenvalue weighted by Crippen LogP contribution is -2.48. The Morgan fingerprint density at radius 3 is 2.51 bits per heavy atom. The molecular formula is C35H52N4O6. The Morgan fingerprint density at radius 1 is 1.09 bits per heavy atom. The summed E-state index contributed by atoms with van der Waals surface area (Å²) in [6.07, 6.45) is 3.26. The van der Waals surface area contributed by atoms with Crippen LogP contribution in [0.15, 0.2) is 48.5 Å². The van der Waals surface area contributed by atoms with Gasteiger partial charge in [0, 0.05) is 50.3 Å². The molecule has 1 aliphatic rings. The smallest absolute Gasteiger partial charge is 0.258 e. The number of hydrogen-bond acceptors (Lipinski definition) is 7. The Bertz CT molecular complexity index is 1240. The quantitative estimate of drug-likeness (QED) is 0.400. The lowest BCUT2D eigenvalue weighted by atomic mass is 10.0. The number of benzene rings is 2. The average molecular weight is 625 g/mol. The molecule has 2 aromatic carbocycles. The first-order chi connectivity index (χ1) is 21.5. The van der Waals surface area contributed by atoms with Crippen LogP contribution >= 0.6 is 0 Å². The van der Waals surface area contributed by atoms with Crippen molar-refractivity contribution in [3.8, 4) is 5.75 Å². The second-order valence-corrected chi connectivity index (χ2v) is 12.5. The molecule has 2 aromatic rings. The SMILES string of the molecule is C[C@@H]1CCCCO[C@H](CN(C)C(=O)CCCN(C)C)[C@@H](C)CN([C@@H](C)CO)C(=O)c2cc(NC(=O)c3ccccc3)ccc2O1. The number of ether oxygens (including phenoxy) is 2. The van der Waals surface area contributed by atoms with Gasteiger partial charge in [-0.3, -0.25) is 14.4 Å². The van der Waals surface area contributed by atoms with E-state index in [0.29, 0.717) is 48.7 Å². The van der Waals surface area contributed by atoms with Crippen LogP contribution in [0.1, 0.15) is 73.6 Å². The van der Waals surface area contributed by atoms with Crippen LogP contribution in [0.3, 0.4) is 0 Å². The lowest BCUT2D eigenvalue weighted by Gasteiger charge is -2.36. The molecule has 0 aliphatic carbocycles. The first kappa shape index (κ1) is 36.0. The van der Waals surface area contributed by atoms with E-state index in [4.69, 9.17) is 9.47 Å². The largest absolute Gasteiger partial charge is 0.490 e. The summed E-state index contributed by atoms with van der Waals surface area (Å²) in [5, 5.41) is 13.1. The Hall–Kier alpha value is -3.47. The zero-order valence-corrected chi connectivity index (χ0v) is 27.8. The van der Waals surface area contributed by atoms with Crippen molar-refractivity contribution in [3.05, 3.63) is 59.7 Å². The van der Waals surface area contributed by atoms with Gasteiger partial charge < -0.3 is 34.6 Å². The van der Waals surface area contributed by atoms with E-state index in [1.54, 1.807) is 66.2 Å². The molecule has 0 saturated carbocycles. The van der Waals surface area contributed by atoms with Crippen LogP contribution in [0, 0.1) is 5.92 Å². The summed E-state index contributed by atoms with van der Waals surface area (Å²) in [7, 11) is 5.79. The van der Waals surface area contributed by atoms with Crippen molar-refractivity contribution >= 4 is 23.4 Å². The van der Waals surface area contributed by atoms with Gasteiger partial charge in [0.15, 0.2) is 0 Å². The van der Waals surface area contributed by atoms with Crippen LogP contribution in [0.4, 0.5) is 5.69 Å². The fraction of sp³-hybridized carbons (Fsp3) is 0.571. The van der Waals surface area contributed by atoms with Crippen molar-refractivity contribution < 1.29 is 29.0 Å². The fourth-order valence-electron chi connectivity index (χ4n) is 5.36. The van der Waals surface area contributed by atoms with Gasteiger partial charge in [-0.05, 0) is 90.5 Å². The maximum Gasteiger partial charge on any atom is 0.258 e. The normalized spacial score (nSPS) is 20.5. The monoisotopic (exact) mass is 624 g/mol. The number of fused-ring (bicyclic) bond motifs is 1. The first-order valence-electron chi connectivity index (χ1n) is 16.1. The van der Waals surface area contributed by atoms with E-state index in [9.17, 15) is 19.5 Å². The Labute approximate surface area is 268 Å². The van der Waals surface area contributed by atoms with Gasteiger partial charge in [0.25, 0.3) is 11.8 Å². The van der Waals surface area contributed by atoms with Gasteiger partial charge in [0.05, 0.1) is 30.4 Å². The summed E-state index contributed by atoms with van der Waals surface area (Å²) in [6, 6.07) is 13.5. The summed E-state index contributed by atoms with van der Waals surface area (Å²) in [4.78, 5) is 45.5. The van der Waals surface area contributed by atoms with Crippen LogP contribution in [-0.2, 0) is 9.53 Å². The number of nitrogens with zero attached hydrogens (tertiary/aromatic N) is 3. The van der Waals surface area contributed by atoms with Crippen molar-refractivity contribution in [3.63, 3.8) is 0 Å². The molecule has 0 radical (unpaired) electrons. The van der Waals surface area contributed by atoms with Gasteiger partial charge in [-0.1, -0.05) is 25.1 Å². The number of nitrogens with one attached hydrogen (secondary N) is 1. The Kier molecular flexibility index (Phi) is 14.3. The van der Waals surface area contributed by atoms with E-state index < -0.39 is 6.04 Å². The summed E-state index contributed by atoms with van der Waals surface area (Å²) in [6.45, 7) is 7.64. The molecule has 3 rings (SSSR count). The van der Waals surface area contributed by atoms with E-state index in [0.717, 1.165) is 32.2 Å². The van der Waals surface area contributed by atoms with E-state index in [2.05, 4.69) is 10.2 Å². The van der Waals surface area contributed by atoms with Gasteiger partial charge >= 0.3 is 0 Å². The maximum atomic E-state index is 14.3. The molecule has 0 spiro atoms. The minimum Gasteiger partial charge on any atom is -0.490 e. The molecule has 1 heterocycles.